The Morgan fingerprint density at radius 2 is 2.00 bits per heavy atom. The number of rotatable bonds is 3. The van der Waals surface area contributed by atoms with E-state index >= 15 is 0 Å². The largest absolute Gasteiger partial charge is 0.383 e. The maximum Gasteiger partial charge on any atom is 0.137 e. The molecule has 118 valence electrons. The van der Waals surface area contributed by atoms with Gasteiger partial charge in [-0.3, -0.25) is 0 Å². The molecule has 1 aliphatic rings. The molecule has 0 saturated carbocycles. The Balaban J connectivity index is 2.18. The average Bonchev–Trinajstić information content (AvgIpc) is 2.66. The Hall–Kier alpha value is -1.32. The topological polar surface area (TPSA) is 55.0 Å². The lowest BCUT2D eigenvalue weighted by molar-refractivity contribution is 0.220. The van der Waals surface area contributed by atoms with Crippen molar-refractivity contribution in [3.05, 3.63) is 11.9 Å². The zero-order chi connectivity index (χ0) is 15.5. The van der Waals surface area contributed by atoms with Crippen LogP contribution in [0.25, 0.3) is 0 Å². The van der Waals surface area contributed by atoms with Crippen molar-refractivity contribution in [2.45, 2.75) is 59.8 Å². The molecule has 1 atom stereocenters. The fourth-order valence-electron chi connectivity index (χ4n) is 3.35. The lowest BCUT2D eigenvalue weighted by Gasteiger charge is -2.30. The van der Waals surface area contributed by atoms with Gasteiger partial charge in [0.25, 0.3) is 0 Å². The van der Waals surface area contributed by atoms with E-state index in [2.05, 4.69) is 42.6 Å². The zero-order valence-electron chi connectivity index (χ0n) is 14.0. The highest BCUT2D eigenvalue weighted by Crippen LogP contribution is 2.35. The Bertz CT molecular complexity index is 464. The molecule has 0 spiro atoms. The van der Waals surface area contributed by atoms with E-state index in [1.54, 1.807) is 6.33 Å². The summed E-state index contributed by atoms with van der Waals surface area (Å²) in [5, 5.41) is 0. The summed E-state index contributed by atoms with van der Waals surface area (Å²) in [5.41, 5.74) is 7.60. The SMILES string of the molecule is CCCc1c(N)ncnc1N1CCCC(C(C)(C)C)CC1. The molecule has 1 fully saturated rings. The summed E-state index contributed by atoms with van der Waals surface area (Å²) >= 11 is 0. The molecule has 1 unspecified atom stereocenters. The van der Waals surface area contributed by atoms with Crippen molar-refractivity contribution in [3.8, 4) is 0 Å². The molecule has 1 aromatic rings. The van der Waals surface area contributed by atoms with Crippen LogP contribution in [-0.4, -0.2) is 23.1 Å². The molecule has 0 aromatic carbocycles. The Morgan fingerprint density at radius 1 is 1.24 bits per heavy atom. The summed E-state index contributed by atoms with van der Waals surface area (Å²) in [6, 6.07) is 0. The van der Waals surface area contributed by atoms with Crippen LogP contribution in [0.3, 0.4) is 0 Å². The normalized spacial score (nSPS) is 20.4. The average molecular weight is 290 g/mol. The van der Waals surface area contributed by atoms with Crippen LogP contribution in [0, 0.1) is 11.3 Å². The van der Waals surface area contributed by atoms with Crippen LogP contribution in [0.5, 0.6) is 0 Å². The van der Waals surface area contributed by atoms with Crippen molar-refractivity contribution in [2.24, 2.45) is 11.3 Å². The molecule has 2 N–H and O–H groups in total. The molecular formula is C17H30N4. The molecule has 4 heteroatoms. The van der Waals surface area contributed by atoms with Gasteiger partial charge < -0.3 is 10.6 Å². The number of nitrogen functional groups attached to an aromatic ring is 1. The lowest BCUT2D eigenvalue weighted by atomic mass is 9.77. The quantitative estimate of drug-likeness (QED) is 0.923. The molecule has 1 aromatic heterocycles. The van der Waals surface area contributed by atoms with Crippen molar-refractivity contribution in [1.29, 1.82) is 0 Å². The summed E-state index contributed by atoms with van der Waals surface area (Å²) in [7, 11) is 0. The van der Waals surface area contributed by atoms with Gasteiger partial charge in [0.15, 0.2) is 0 Å². The lowest BCUT2D eigenvalue weighted by Crippen LogP contribution is -2.28. The molecule has 0 amide bonds. The second-order valence-electron chi connectivity index (χ2n) is 7.29. The molecule has 0 bridgehead atoms. The smallest absolute Gasteiger partial charge is 0.137 e. The number of anilines is 2. The highest BCUT2D eigenvalue weighted by Gasteiger charge is 2.28. The van der Waals surface area contributed by atoms with Crippen LogP contribution in [0.1, 0.15) is 58.9 Å². The zero-order valence-corrected chi connectivity index (χ0v) is 14.0. The highest BCUT2D eigenvalue weighted by molar-refractivity contribution is 5.56. The van der Waals surface area contributed by atoms with Gasteiger partial charge in [-0.15, -0.1) is 0 Å². The molecule has 4 nitrogen and oxygen atoms in total. The van der Waals surface area contributed by atoms with E-state index in [0.717, 1.165) is 43.2 Å². The van der Waals surface area contributed by atoms with Gasteiger partial charge in [-0.25, -0.2) is 9.97 Å². The van der Waals surface area contributed by atoms with Gasteiger partial charge in [-0.05, 0) is 37.0 Å². The maximum absolute atomic E-state index is 6.07. The van der Waals surface area contributed by atoms with Gasteiger partial charge in [0.2, 0.25) is 0 Å². The third-order valence-electron chi connectivity index (χ3n) is 4.71. The molecule has 1 saturated heterocycles. The molecule has 1 aliphatic heterocycles. The van der Waals surface area contributed by atoms with Gasteiger partial charge in [0.1, 0.15) is 18.0 Å². The van der Waals surface area contributed by atoms with Gasteiger partial charge in [0.05, 0.1) is 0 Å². The first-order valence-corrected chi connectivity index (χ1v) is 8.27. The number of aromatic nitrogens is 2. The van der Waals surface area contributed by atoms with E-state index in [1.165, 1.54) is 19.3 Å². The van der Waals surface area contributed by atoms with Crippen molar-refractivity contribution < 1.29 is 0 Å². The van der Waals surface area contributed by atoms with Crippen LogP contribution in [0.15, 0.2) is 6.33 Å². The van der Waals surface area contributed by atoms with Crippen molar-refractivity contribution in [1.82, 2.24) is 9.97 Å². The third-order valence-corrected chi connectivity index (χ3v) is 4.71. The third kappa shape index (κ3) is 3.86. The Labute approximate surface area is 129 Å². The molecular weight excluding hydrogens is 260 g/mol. The molecule has 0 radical (unpaired) electrons. The van der Waals surface area contributed by atoms with Gasteiger partial charge >= 0.3 is 0 Å². The summed E-state index contributed by atoms with van der Waals surface area (Å²) in [6.45, 7) is 11.4. The van der Waals surface area contributed by atoms with Gasteiger partial charge in [-0.2, -0.15) is 0 Å². The van der Waals surface area contributed by atoms with Crippen molar-refractivity contribution in [3.63, 3.8) is 0 Å². The molecule has 2 heterocycles. The van der Waals surface area contributed by atoms with E-state index in [9.17, 15) is 0 Å². The predicted octanol–water partition coefficient (Wildman–Crippen LogP) is 3.66. The van der Waals surface area contributed by atoms with E-state index in [1.807, 2.05) is 0 Å². The van der Waals surface area contributed by atoms with Gasteiger partial charge in [0, 0.05) is 18.7 Å². The maximum atomic E-state index is 6.07. The van der Waals surface area contributed by atoms with Crippen LogP contribution in [-0.2, 0) is 6.42 Å². The number of hydrogen-bond acceptors (Lipinski definition) is 4. The first-order valence-electron chi connectivity index (χ1n) is 8.27. The van der Waals surface area contributed by atoms with Gasteiger partial charge in [-0.1, -0.05) is 34.1 Å². The van der Waals surface area contributed by atoms with Crippen molar-refractivity contribution >= 4 is 11.6 Å². The summed E-state index contributed by atoms with van der Waals surface area (Å²) in [6.07, 6.45) is 7.42. The van der Waals surface area contributed by atoms with Crippen molar-refractivity contribution in [2.75, 3.05) is 23.7 Å². The number of nitrogens with zero attached hydrogens (tertiary/aromatic N) is 3. The Morgan fingerprint density at radius 3 is 2.67 bits per heavy atom. The number of nitrogens with two attached hydrogens (primary N) is 1. The summed E-state index contributed by atoms with van der Waals surface area (Å²) in [5.74, 6) is 2.51. The first kappa shape index (κ1) is 16.1. The standard InChI is InChI=1S/C17H30N4/c1-5-7-14-15(18)19-12-20-16(14)21-10-6-8-13(9-11-21)17(2,3)4/h12-13H,5-11H2,1-4H3,(H2,18,19,20). The minimum Gasteiger partial charge on any atom is -0.383 e. The molecule has 2 rings (SSSR count). The van der Waals surface area contributed by atoms with E-state index in [0.29, 0.717) is 11.2 Å². The van der Waals surface area contributed by atoms with Crippen LogP contribution in [0.2, 0.25) is 0 Å². The highest BCUT2D eigenvalue weighted by atomic mass is 15.2. The monoisotopic (exact) mass is 290 g/mol. The van der Waals surface area contributed by atoms with Crippen LogP contribution in [0.4, 0.5) is 11.6 Å². The molecule has 0 aliphatic carbocycles. The minimum atomic E-state index is 0.396. The van der Waals surface area contributed by atoms with E-state index in [-0.39, 0.29) is 0 Å². The fraction of sp³-hybridized carbons (Fsp3) is 0.765. The second kappa shape index (κ2) is 6.63. The fourth-order valence-corrected chi connectivity index (χ4v) is 3.35. The van der Waals surface area contributed by atoms with E-state index < -0.39 is 0 Å². The number of hydrogen-bond donors (Lipinski definition) is 1. The first-order chi connectivity index (χ1) is 9.93. The predicted molar refractivity (Wildman–Crippen MR) is 89.4 cm³/mol. The summed E-state index contributed by atoms with van der Waals surface area (Å²) in [4.78, 5) is 11.1. The second-order valence-corrected chi connectivity index (χ2v) is 7.29. The Kier molecular flexibility index (Phi) is 5.07. The van der Waals surface area contributed by atoms with Crippen LogP contribution >= 0.6 is 0 Å². The van der Waals surface area contributed by atoms with E-state index in [4.69, 9.17) is 5.73 Å². The van der Waals surface area contributed by atoms with Crippen LogP contribution < -0.4 is 10.6 Å². The summed E-state index contributed by atoms with van der Waals surface area (Å²) < 4.78 is 0. The molecule has 21 heavy (non-hydrogen) atoms. The minimum absolute atomic E-state index is 0.396.